The van der Waals surface area contributed by atoms with Crippen LogP contribution in [0.1, 0.15) is 50.6 Å². The third-order valence-corrected chi connectivity index (χ3v) is 5.39. The van der Waals surface area contributed by atoms with Crippen LogP contribution in [-0.2, 0) is 23.2 Å². The number of piperidine rings is 1. The normalized spacial score (nSPS) is 20.1. The topological polar surface area (TPSA) is 67.2 Å². The van der Waals surface area contributed by atoms with Crippen molar-refractivity contribution in [1.29, 1.82) is 0 Å². The molecule has 0 aliphatic carbocycles. The zero-order valence-electron chi connectivity index (χ0n) is 16.9. The smallest absolute Gasteiger partial charge is 0.220 e. The van der Waals surface area contributed by atoms with Crippen LogP contribution in [0.5, 0.6) is 0 Å². The lowest BCUT2D eigenvalue weighted by atomic mass is 9.81. The van der Waals surface area contributed by atoms with Crippen LogP contribution in [0.3, 0.4) is 0 Å². The summed E-state index contributed by atoms with van der Waals surface area (Å²) >= 11 is 0. The largest absolute Gasteiger partial charge is 0.361 e. The van der Waals surface area contributed by atoms with E-state index in [2.05, 4.69) is 36.6 Å². The fourth-order valence-corrected chi connectivity index (χ4v) is 3.63. The third kappa shape index (κ3) is 5.64. The first-order chi connectivity index (χ1) is 13.3. The summed E-state index contributed by atoms with van der Waals surface area (Å²) in [7, 11) is 0. The van der Waals surface area contributed by atoms with Gasteiger partial charge >= 0.3 is 0 Å². The van der Waals surface area contributed by atoms with Crippen molar-refractivity contribution in [2.24, 2.45) is 11.8 Å². The molecule has 1 aliphatic rings. The van der Waals surface area contributed by atoms with Gasteiger partial charge in [-0.25, -0.2) is 4.39 Å². The number of nitrogens with one attached hydrogen (secondary N) is 2. The molecule has 0 bridgehead atoms. The Morgan fingerprint density at radius 2 is 2.04 bits per heavy atom. The first-order valence-corrected chi connectivity index (χ1v) is 9.99. The van der Waals surface area contributed by atoms with Gasteiger partial charge < -0.3 is 15.2 Å². The molecule has 0 saturated carbocycles. The predicted octanol–water partition coefficient (Wildman–Crippen LogP) is 3.59. The molecule has 0 unspecified atom stereocenters. The number of halogens is 1. The van der Waals surface area contributed by atoms with Gasteiger partial charge in [-0.1, -0.05) is 38.1 Å². The molecule has 6 heteroatoms. The summed E-state index contributed by atoms with van der Waals surface area (Å²) in [6, 6.07) is 8.25. The van der Waals surface area contributed by atoms with E-state index in [-0.39, 0.29) is 17.1 Å². The van der Waals surface area contributed by atoms with E-state index in [1.54, 1.807) is 12.1 Å². The number of nitrogens with zero attached hydrogens (tertiary/aromatic N) is 1. The molecule has 1 aromatic heterocycles. The van der Waals surface area contributed by atoms with Crippen molar-refractivity contribution in [1.82, 2.24) is 15.8 Å². The highest BCUT2D eigenvalue weighted by Crippen LogP contribution is 2.28. The molecule has 1 amide bonds. The summed E-state index contributed by atoms with van der Waals surface area (Å²) < 4.78 is 18.5. The van der Waals surface area contributed by atoms with Gasteiger partial charge in [0.15, 0.2) is 0 Å². The van der Waals surface area contributed by atoms with E-state index in [1.165, 1.54) is 12.1 Å². The maximum absolute atomic E-state index is 13.0. The average molecular weight is 387 g/mol. The van der Waals surface area contributed by atoms with Crippen molar-refractivity contribution in [3.63, 3.8) is 0 Å². The predicted molar refractivity (Wildman–Crippen MR) is 106 cm³/mol. The number of hydrogen-bond acceptors (Lipinski definition) is 4. The lowest BCUT2D eigenvalue weighted by molar-refractivity contribution is -0.122. The van der Waals surface area contributed by atoms with E-state index in [0.29, 0.717) is 24.8 Å². The number of rotatable bonds is 6. The van der Waals surface area contributed by atoms with E-state index in [4.69, 9.17) is 4.52 Å². The first-order valence-electron chi connectivity index (χ1n) is 9.99. The zero-order valence-corrected chi connectivity index (χ0v) is 16.9. The Morgan fingerprint density at radius 3 is 2.71 bits per heavy atom. The maximum atomic E-state index is 13.0. The van der Waals surface area contributed by atoms with Crippen LogP contribution in [0.25, 0.3) is 0 Å². The summed E-state index contributed by atoms with van der Waals surface area (Å²) in [5.74, 6) is 1.32. The molecular weight excluding hydrogens is 357 g/mol. The van der Waals surface area contributed by atoms with E-state index in [1.807, 2.05) is 6.07 Å². The van der Waals surface area contributed by atoms with Crippen LogP contribution in [0.15, 0.2) is 34.9 Å². The van der Waals surface area contributed by atoms with Crippen molar-refractivity contribution < 1.29 is 13.7 Å². The Morgan fingerprint density at radius 1 is 1.29 bits per heavy atom. The van der Waals surface area contributed by atoms with Gasteiger partial charge in [0.1, 0.15) is 11.6 Å². The van der Waals surface area contributed by atoms with E-state index in [0.717, 1.165) is 42.9 Å². The molecular formula is C22H30FN3O2. The highest BCUT2D eigenvalue weighted by molar-refractivity contribution is 5.76. The van der Waals surface area contributed by atoms with Crippen molar-refractivity contribution >= 4 is 5.91 Å². The molecule has 2 heterocycles. The minimum atomic E-state index is -0.268. The number of aromatic nitrogens is 1. The number of hydrogen-bond donors (Lipinski definition) is 2. The minimum Gasteiger partial charge on any atom is -0.361 e. The van der Waals surface area contributed by atoms with Crippen molar-refractivity contribution in [3.05, 3.63) is 53.2 Å². The fourth-order valence-electron chi connectivity index (χ4n) is 3.63. The Kier molecular flexibility index (Phi) is 6.50. The highest BCUT2D eigenvalue weighted by Gasteiger charge is 2.29. The number of benzene rings is 1. The van der Waals surface area contributed by atoms with Crippen LogP contribution in [0.4, 0.5) is 4.39 Å². The van der Waals surface area contributed by atoms with E-state index >= 15 is 0 Å². The van der Waals surface area contributed by atoms with Gasteiger partial charge in [-0.3, -0.25) is 4.79 Å². The molecule has 5 nitrogen and oxygen atoms in total. The second kappa shape index (κ2) is 8.86. The first kappa shape index (κ1) is 20.5. The van der Waals surface area contributed by atoms with Crippen LogP contribution in [0, 0.1) is 17.7 Å². The zero-order chi connectivity index (χ0) is 20.1. The Balaban J connectivity index is 1.54. The highest BCUT2D eigenvalue weighted by atomic mass is 19.1. The van der Waals surface area contributed by atoms with Crippen LogP contribution in [0.2, 0.25) is 0 Å². The molecule has 2 aromatic rings. The van der Waals surface area contributed by atoms with Gasteiger partial charge in [0.25, 0.3) is 0 Å². The monoisotopic (exact) mass is 387 g/mol. The Hall–Kier alpha value is -2.21. The second-order valence-electron chi connectivity index (χ2n) is 8.76. The van der Waals surface area contributed by atoms with Crippen molar-refractivity contribution in [2.45, 2.75) is 52.0 Å². The molecule has 152 valence electrons. The standard InChI is InChI=1S/C22H30FN3O2/c1-22(2,3)20-12-19(26-28-20)10-17-14-24-9-8-16(17)11-21(27)25-13-15-4-6-18(23)7-5-15/h4-7,12,16-17,24H,8-11,13-14H2,1-3H3,(H,25,27)/t16-,17+/m0/s1. The third-order valence-electron chi connectivity index (χ3n) is 5.39. The van der Waals surface area contributed by atoms with E-state index < -0.39 is 0 Å². The Bertz CT molecular complexity index is 780. The van der Waals surface area contributed by atoms with Gasteiger partial charge in [0, 0.05) is 24.4 Å². The average Bonchev–Trinajstić information content (AvgIpc) is 3.12. The summed E-state index contributed by atoms with van der Waals surface area (Å²) in [4.78, 5) is 12.4. The number of amides is 1. The summed E-state index contributed by atoms with van der Waals surface area (Å²) in [5, 5.41) is 10.6. The maximum Gasteiger partial charge on any atom is 0.220 e. The van der Waals surface area contributed by atoms with Gasteiger partial charge in [0.05, 0.1) is 5.69 Å². The molecule has 2 atom stereocenters. The molecule has 0 spiro atoms. The van der Waals surface area contributed by atoms with Gasteiger partial charge in [-0.15, -0.1) is 0 Å². The molecule has 1 fully saturated rings. The molecule has 28 heavy (non-hydrogen) atoms. The van der Waals surface area contributed by atoms with Crippen LogP contribution in [-0.4, -0.2) is 24.2 Å². The van der Waals surface area contributed by atoms with Crippen molar-refractivity contribution in [3.8, 4) is 0 Å². The number of carbonyl (C=O) groups is 1. The molecule has 2 N–H and O–H groups in total. The summed E-state index contributed by atoms with van der Waals surface area (Å²) in [5.41, 5.74) is 1.79. The number of carbonyl (C=O) groups excluding carboxylic acids is 1. The molecule has 1 aromatic carbocycles. The van der Waals surface area contributed by atoms with Crippen LogP contribution >= 0.6 is 0 Å². The molecule has 3 rings (SSSR count). The van der Waals surface area contributed by atoms with E-state index in [9.17, 15) is 9.18 Å². The lowest BCUT2D eigenvalue weighted by Crippen LogP contribution is -2.40. The Labute approximate surface area is 166 Å². The molecule has 1 aliphatic heterocycles. The summed E-state index contributed by atoms with van der Waals surface area (Å²) in [6.45, 7) is 8.55. The second-order valence-corrected chi connectivity index (χ2v) is 8.76. The van der Waals surface area contributed by atoms with Gasteiger partial charge in [0.2, 0.25) is 5.91 Å². The minimum absolute atomic E-state index is 0.0387. The summed E-state index contributed by atoms with van der Waals surface area (Å²) in [6.07, 6.45) is 2.28. The van der Waals surface area contributed by atoms with Crippen molar-refractivity contribution in [2.75, 3.05) is 13.1 Å². The SMILES string of the molecule is CC(C)(C)c1cc(C[C@@H]2CNCC[C@H]2CC(=O)NCc2ccc(F)cc2)no1. The lowest BCUT2D eigenvalue weighted by Gasteiger charge is -2.31. The van der Waals surface area contributed by atoms with Gasteiger partial charge in [-0.2, -0.15) is 0 Å². The fraction of sp³-hybridized carbons (Fsp3) is 0.545. The van der Waals surface area contributed by atoms with Gasteiger partial charge in [-0.05, 0) is 55.5 Å². The quantitative estimate of drug-likeness (QED) is 0.795. The van der Waals surface area contributed by atoms with Crippen LogP contribution < -0.4 is 10.6 Å². The molecule has 1 saturated heterocycles. The molecule has 0 radical (unpaired) electrons.